The molecular weight excluding hydrogens is 400 g/mol. The van der Waals surface area contributed by atoms with Gasteiger partial charge in [0.2, 0.25) is 0 Å². The molecule has 0 heterocycles. The van der Waals surface area contributed by atoms with E-state index in [2.05, 4.69) is 45.5 Å². The first kappa shape index (κ1) is 30.6. The largest absolute Gasteiger partial charge is 0.469 e. The Bertz CT molecular complexity index is 429. The molecule has 0 saturated heterocycles. The van der Waals surface area contributed by atoms with Crippen molar-refractivity contribution in [2.75, 3.05) is 7.11 Å². The summed E-state index contributed by atoms with van der Waals surface area (Å²) in [4.78, 5) is 11.1. The van der Waals surface area contributed by atoms with Gasteiger partial charge in [0.25, 0.3) is 0 Å². The van der Waals surface area contributed by atoms with E-state index in [9.17, 15) is 4.79 Å². The van der Waals surface area contributed by atoms with Crippen LogP contribution in [0.15, 0.2) is 0 Å². The van der Waals surface area contributed by atoms with Crippen molar-refractivity contribution in [3.63, 3.8) is 0 Å². The summed E-state index contributed by atoms with van der Waals surface area (Å²) in [5.74, 6) is -0.0698. The smallest absolute Gasteiger partial charge is 0.305 e. The Labute approximate surface area is 196 Å². The van der Waals surface area contributed by atoms with Gasteiger partial charge in [-0.2, -0.15) is 0 Å². The number of carbonyl (C=O) groups excluding carboxylic acids is 1. The molecule has 0 N–H and O–H groups in total. The van der Waals surface area contributed by atoms with Crippen molar-refractivity contribution in [2.45, 2.75) is 161 Å². The van der Waals surface area contributed by atoms with Gasteiger partial charge in [0, 0.05) is 12.5 Å². The highest BCUT2D eigenvalue weighted by Crippen LogP contribution is 2.38. The van der Waals surface area contributed by atoms with E-state index in [4.69, 9.17) is 4.43 Å². The first-order valence-electron chi connectivity index (χ1n) is 13.4. The lowest BCUT2D eigenvalue weighted by molar-refractivity contribution is -0.140. The zero-order valence-corrected chi connectivity index (χ0v) is 23.3. The van der Waals surface area contributed by atoms with Crippen molar-refractivity contribution in [1.29, 1.82) is 0 Å². The van der Waals surface area contributed by atoms with Crippen molar-refractivity contribution in [3.05, 3.63) is 0 Å². The number of hydrogen-bond acceptors (Lipinski definition) is 3. The molecule has 1 unspecified atom stereocenters. The summed E-state index contributed by atoms with van der Waals surface area (Å²) in [6.07, 6.45) is 21.8. The standard InChI is InChI=1S/C27H56O3Si/c1-8-9-22-25(30-31(6,7)27(2,3)4)23-20-18-16-14-12-10-11-13-15-17-19-21-24-26(28)29-5/h25H,8-24H2,1-7H3. The third kappa shape index (κ3) is 16.9. The molecule has 186 valence electrons. The molecule has 3 nitrogen and oxygen atoms in total. The van der Waals surface area contributed by atoms with Gasteiger partial charge in [0.15, 0.2) is 8.32 Å². The van der Waals surface area contributed by atoms with Crippen LogP contribution in [-0.4, -0.2) is 27.5 Å². The summed E-state index contributed by atoms with van der Waals surface area (Å²) in [5, 5.41) is 0.306. The van der Waals surface area contributed by atoms with Gasteiger partial charge in [-0.25, -0.2) is 0 Å². The van der Waals surface area contributed by atoms with Crippen molar-refractivity contribution in [1.82, 2.24) is 0 Å². The molecule has 0 aromatic rings. The maximum absolute atomic E-state index is 11.1. The number of unbranched alkanes of at least 4 members (excludes halogenated alkanes) is 12. The molecule has 0 aromatic heterocycles. The van der Waals surface area contributed by atoms with E-state index in [1.807, 2.05) is 0 Å². The summed E-state index contributed by atoms with van der Waals surface area (Å²) in [6, 6.07) is 0. The predicted octanol–water partition coefficient (Wildman–Crippen LogP) is 9.20. The van der Waals surface area contributed by atoms with E-state index >= 15 is 0 Å². The van der Waals surface area contributed by atoms with Crippen molar-refractivity contribution < 1.29 is 14.0 Å². The van der Waals surface area contributed by atoms with Gasteiger partial charge >= 0.3 is 5.97 Å². The Morgan fingerprint density at radius 3 is 1.58 bits per heavy atom. The minimum atomic E-state index is -1.65. The molecule has 0 bridgehead atoms. The van der Waals surface area contributed by atoms with Crippen LogP contribution in [0.5, 0.6) is 0 Å². The van der Waals surface area contributed by atoms with Crippen LogP contribution in [0, 0.1) is 0 Å². The highest BCUT2D eigenvalue weighted by Gasteiger charge is 2.38. The number of ether oxygens (including phenoxy) is 1. The number of hydrogen-bond donors (Lipinski definition) is 0. The third-order valence-corrected chi connectivity index (χ3v) is 11.6. The van der Waals surface area contributed by atoms with Crippen LogP contribution in [0.3, 0.4) is 0 Å². The number of esters is 1. The predicted molar refractivity (Wildman–Crippen MR) is 138 cm³/mol. The Morgan fingerprint density at radius 2 is 1.16 bits per heavy atom. The summed E-state index contributed by atoms with van der Waals surface area (Å²) in [7, 11) is -0.181. The molecule has 0 fully saturated rings. The molecule has 0 spiro atoms. The van der Waals surface area contributed by atoms with Crippen molar-refractivity contribution >= 4 is 14.3 Å². The molecule has 0 aliphatic heterocycles. The van der Waals surface area contributed by atoms with Gasteiger partial charge in [-0.15, -0.1) is 0 Å². The Balaban J connectivity index is 3.70. The van der Waals surface area contributed by atoms with Gasteiger partial charge in [0.05, 0.1) is 7.11 Å². The van der Waals surface area contributed by atoms with Crippen LogP contribution in [0.1, 0.15) is 137 Å². The van der Waals surface area contributed by atoms with Crippen LogP contribution in [0.25, 0.3) is 0 Å². The molecule has 0 aliphatic carbocycles. The Morgan fingerprint density at radius 1 is 0.742 bits per heavy atom. The van der Waals surface area contributed by atoms with E-state index in [0.717, 1.165) is 12.8 Å². The number of rotatable bonds is 20. The summed E-state index contributed by atoms with van der Waals surface area (Å²) in [6.45, 7) is 14.1. The maximum Gasteiger partial charge on any atom is 0.305 e. The first-order valence-corrected chi connectivity index (χ1v) is 16.3. The van der Waals surface area contributed by atoms with Gasteiger partial charge in [-0.05, 0) is 37.4 Å². The summed E-state index contributed by atoms with van der Waals surface area (Å²) >= 11 is 0. The molecule has 0 saturated carbocycles. The maximum atomic E-state index is 11.1. The topological polar surface area (TPSA) is 35.5 Å². The van der Waals surface area contributed by atoms with E-state index in [0.29, 0.717) is 17.6 Å². The summed E-state index contributed by atoms with van der Waals surface area (Å²) < 4.78 is 11.4. The van der Waals surface area contributed by atoms with E-state index in [-0.39, 0.29) is 5.97 Å². The molecule has 0 aromatic carbocycles. The second-order valence-electron chi connectivity index (χ2n) is 11.0. The fourth-order valence-corrected chi connectivity index (χ4v) is 5.22. The van der Waals surface area contributed by atoms with Gasteiger partial charge in [0.1, 0.15) is 0 Å². The van der Waals surface area contributed by atoms with Crippen LogP contribution < -0.4 is 0 Å². The second kappa shape index (κ2) is 18.1. The van der Waals surface area contributed by atoms with Crippen molar-refractivity contribution in [3.8, 4) is 0 Å². The molecule has 0 amide bonds. The SMILES string of the molecule is CCCCC(CCCCCCCCCCCCCCC(=O)OC)O[Si](C)(C)C(C)(C)C. The average Bonchev–Trinajstić information content (AvgIpc) is 2.70. The Kier molecular flexibility index (Phi) is 17.9. The lowest BCUT2D eigenvalue weighted by atomic mass is 10.0. The van der Waals surface area contributed by atoms with Gasteiger partial charge in [-0.1, -0.05) is 111 Å². The molecule has 31 heavy (non-hydrogen) atoms. The number of methoxy groups -OCH3 is 1. The molecule has 0 aliphatic rings. The minimum Gasteiger partial charge on any atom is -0.469 e. The monoisotopic (exact) mass is 456 g/mol. The zero-order chi connectivity index (χ0) is 23.6. The van der Waals surface area contributed by atoms with Crippen LogP contribution in [-0.2, 0) is 14.0 Å². The van der Waals surface area contributed by atoms with Crippen LogP contribution in [0.4, 0.5) is 0 Å². The Hall–Kier alpha value is -0.353. The fraction of sp³-hybridized carbons (Fsp3) is 0.963. The fourth-order valence-electron chi connectivity index (χ4n) is 3.80. The first-order chi connectivity index (χ1) is 14.6. The quantitative estimate of drug-likeness (QED) is 0.104. The lowest BCUT2D eigenvalue weighted by Gasteiger charge is -2.39. The van der Waals surface area contributed by atoms with Crippen LogP contribution >= 0.6 is 0 Å². The van der Waals surface area contributed by atoms with Crippen molar-refractivity contribution in [2.24, 2.45) is 0 Å². The lowest BCUT2D eigenvalue weighted by Crippen LogP contribution is -2.44. The molecule has 0 rings (SSSR count). The van der Waals surface area contributed by atoms with E-state index in [1.54, 1.807) is 0 Å². The van der Waals surface area contributed by atoms with E-state index in [1.165, 1.54) is 97.0 Å². The number of carbonyl (C=O) groups is 1. The zero-order valence-electron chi connectivity index (χ0n) is 22.3. The third-order valence-electron chi connectivity index (χ3n) is 7.03. The van der Waals surface area contributed by atoms with E-state index < -0.39 is 8.32 Å². The van der Waals surface area contributed by atoms with Gasteiger partial charge < -0.3 is 9.16 Å². The average molecular weight is 457 g/mol. The molecule has 4 heteroatoms. The highest BCUT2D eigenvalue weighted by atomic mass is 28.4. The summed E-state index contributed by atoms with van der Waals surface area (Å²) in [5.41, 5.74) is 0. The molecule has 0 radical (unpaired) electrons. The highest BCUT2D eigenvalue weighted by molar-refractivity contribution is 6.74. The molecular formula is C27H56O3Si. The second-order valence-corrected chi connectivity index (χ2v) is 15.8. The van der Waals surface area contributed by atoms with Crippen LogP contribution in [0.2, 0.25) is 18.1 Å². The molecule has 1 atom stereocenters. The minimum absolute atomic E-state index is 0.0698. The normalized spacial score (nSPS) is 13.4. The van der Waals surface area contributed by atoms with Gasteiger partial charge in [-0.3, -0.25) is 4.79 Å².